The molecule has 6 rings (SSSR count). The zero-order valence-electron chi connectivity index (χ0n) is 47.2. The van der Waals surface area contributed by atoms with Crippen molar-refractivity contribution in [2.45, 2.75) is 120 Å². The number of nitrogens with one attached hydrogen (secondary N) is 10. The summed E-state index contributed by atoms with van der Waals surface area (Å²) in [6.45, 7) is 1.39. The van der Waals surface area contributed by atoms with Crippen LogP contribution in [0.25, 0.3) is 21.7 Å². The van der Waals surface area contributed by atoms with E-state index in [1.165, 1.54) is 23.3 Å². The lowest BCUT2D eigenvalue weighted by molar-refractivity contribution is -0.135. The minimum Gasteiger partial charge on any atom is -0.370 e. The summed E-state index contributed by atoms with van der Waals surface area (Å²) in [5.41, 5.74) is 30.5. The molecule has 456 valence electrons. The molecule has 2 aromatic heterocycles. The van der Waals surface area contributed by atoms with E-state index < -0.39 is 102 Å². The molecule has 5 aromatic rings. The summed E-state index contributed by atoms with van der Waals surface area (Å²) in [6.07, 6.45) is 5.70. The Bertz CT molecular complexity index is 3170. The first-order valence-corrected chi connectivity index (χ1v) is 30.4. The van der Waals surface area contributed by atoms with Crippen LogP contribution in [-0.2, 0) is 62.4 Å². The predicted octanol–water partition coefficient (Wildman–Crippen LogP) is -0.850. The van der Waals surface area contributed by atoms with Gasteiger partial charge < -0.3 is 81.2 Å². The van der Waals surface area contributed by atoms with Crippen molar-refractivity contribution in [1.29, 1.82) is 0 Å². The maximum Gasteiger partial charge on any atom is 0.243 e. The number of nitrogens with two attached hydrogens (primary N) is 5. The number of aliphatic imine (C=N–C) groups is 2. The topological polar surface area (TPSA) is 449 Å². The first-order chi connectivity index (χ1) is 40.9. The molecule has 7 atom stereocenters. The summed E-state index contributed by atoms with van der Waals surface area (Å²) in [7, 11) is 2.37. The molecule has 1 aliphatic heterocycles. The van der Waals surface area contributed by atoms with E-state index >= 15 is 4.79 Å². The number of rotatable bonds is 18. The highest BCUT2D eigenvalue weighted by Crippen LogP contribution is 2.24. The molecule has 0 radical (unpaired) electrons. The second kappa shape index (κ2) is 33.4. The molecule has 0 bridgehead atoms. The van der Waals surface area contributed by atoms with Gasteiger partial charge >= 0.3 is 0 Å². The molecule has 29 heteroatoms. The first-order valence-electron chi connectivity index (χ1n) is 27.9. The number of unbranched alkanes of at least 4 members (excludes halogenated alkanes) is 1. The number of aromatic nitrogens is 3. The molecular formula is C56H76N18O9S2. The highest BCUT2D eigenvalue weighted by molar-refractivity contribution is 8.76. The zero-order valence-corrected chi connectivity index (χ0v) is 48.8. The normalized spacial score (nSPS) is 21.4. The van der Waals surface area contributed by atoms with E-state index in [-0.39, 0.29) is 94.3 Å². The summed E-state index contributed by atoms with van der Waals surface area (Å²) in [4.78, 5) is 146. The number of imidazole rings is 1. The fourth-order valence-corrected chi connectivity index (χ4v) is 11.4. The van der Waals surface area contributed by atoms with Gasteiger partial charge in [0.2, 0.25) is 53.2 Å². The molecule has 9 amide bonds. The number of aromatic amines is 2. The van der Waals surface area contributed by atoms with Gasteiger partial charge in [-0.2, -0.15) is 0 Å². The Morgan fingerprint density at radius 1 is 0.588 bits per heavy atom. The lowest BCUT2D eigenvalue weighted by Crippen LogP contribution is -2.60. The van der Waals surface area contributed by atoms with Crippen molar-refractivity contribution < 1.29 is 43.2 Å². The number of primary amides is 1. The molecular weight excluding hydrogens is 1130 g/mol. The maximum atomic E-state index is 15.1. The third-order valence-electron chi connectivity index (χ3n) is 13.7. The van der Waals surface area contributed by atoms with Crippen LogP contribution in [0, 0.1) is 0 Å². The molecule has 27 nitrogen and oxygen atoms in total. The summed E-state index contributed by atoms with van der Waals surface area (Å²) in [5.74, 6) is -7.07. The van der Waals surface area contributed by atoms with E-state index in [9.17, 15) is 38.4 Å². The Morgan fingerprint density at radius 3 is 1.76 bits per heavy atom. The largest absolute Gasteiger partial charge is 0.370 e. The van der Waals surface area contributed by atoms with Crippen LogP contribution in [0.3, 0.4) is 0 Å². The lowest BCUT2D eigenvalue weighted by atomic mass is 9.99. The van der Waals surface area contributed by atoms with E-state index in [1.807, 2.05) is 61.5 Å². The Kier molecular flexibility index (Phi) is 25.7. The van der Waals surface area contributed by atoms with Gasteiger partial charge in [0, 0.05) is 79.3 Å². The summed E-state index contributed by atoms with van der Waals surface area (Å²) < 4.78 is 0. The number of amides is 9. The number of benzene rings is 3. The minimum absolute atomic E-state index is 0.0159. The summed E-state index contributed by atoms with van der Waals surface area (Å²) >= 11 is 0. The molecule has 0 unspecified atom stereocenters. The average Bonchev–Trinajstić information content (AvgIpc) is 4.17. The Morgan fingerprint density at radius 2 is 1.15 bits per heavy atom. The van der Waals surface area contributed by atoms with Crippen LogP contribution in [-0.4, -0.2) is 153 Å². The average molecular weight is 1210 g/mol. The monoisotopic (exact) mass is 1210 g/mol. The summed E-state index contributed by atoms with van der Waals surface area (Å²) in [6, 6.07) is 11.1. The van der Waals surface area contributed by atoms with E-state index in [0.29, 0.717) is 29.7 Å². The third-order valence-corrected chi connectivity index (χ3v) is 16.1. The highest BCUT2D eigenvalue weighted by Gasteiger charge is 2.35. The molecule has 1 fully saturated rings. The number of carbonyl (C=O) groups is 9. The number of hydrogen-bond donors (Lipinski definition) is 15. The van der Waals surface area contributed by atoms with Crippen LogP contribution in [0.15, 0.2) is 95.4 Å². The number of hydrogen-bond acceptors (Lipinski definition) is 14. The van der Waals surface area contributed by atoms with Crippen LogP contribution < -0.4 is 71.2 Å². The Hall–Kier alpha value is -8.86. The smallest absolute Gasteiger partial charge is 0.243 e. The van der Waals surface area contributed by atoms with Gasteiger partial charge in [0.25, 0.3) is 0 Å². The molecule has 1 saturated heterocycles. The number of fused-ring (bicyclic) bond motifs is 2. The molecule has 20 N–H and O–H groups in total. The third kappa shape index (κ3) is 21.4. The fourth-order valence-electron chi connectivity index (χ4n) is 9.26. The molecule has 85 heavy (non-hydrogen) atoms. The van der Waals surface area contributed by atoms with E-state index in [4.69, 9.17) is 28.7 Å². The van der Waals surface area contributed by atoms with Crippen LogP contribution in [0.5, 0.6) is 0 Å². The van der Waals surface area contributed by atoms with Gasteiger partial charge in [-0.25, -0.2) is 4.98 Å². The van der Waals surface area contributed by atoms with Crippen molar-refractivity contribution in [3.05, 3.63) is 102 Å². The lowest BCUT2D eigenvalue weighted by Gasteiger charge is -2.28. The van der Waals surface area contributed by atoms with Gasteiger partial charge in [0.15, 0.2) is 11.9 Å². The maximum absolute atomic E-state index is 15.1. The first kappa shape index (κ1) is 65.3. The molecule has 0 saturated carbocycles. The highest BCUT2D eigenvalue weighted by atomic mass is 33.1. The van der Waals surface area contributed by atoms with Crippen molar-refractivity contribution in [3.8, 4) is 0 Å². The zero-order chi connectivity index (χ0) is 61.3. The number of H-pyrrole nitrogens is 2. The van der Waals surface area contributed by atoms with Crippen LogP contribution in [0.4, 0.5) is 0 Å². The minimum atomic E-state index is -1.44. The standard InChI is InChI=1S/C56H76N18O9S2/c1-2-3-13-39-50(79)70-40(15-8-20-63-55(58)59)52(81)74-44(26-36-28-62-31-67-36)54(83)72-42(24-32-17-18-33-10-4-5-11-34(33)23-32)53(82)71-41(16-9-21-64-56(60)61)51(80)73-43(25-35-27-65-38-14-7-6-12-37(35)38)49(78)66-29-47(76)69-45(48(57)77)30-85-84-22-19-46(75)68-39/h4-7,10-12,14,17-18,23,27-28,31,39-45,65H,2-3,8-9,13,15-16,19-22,24-26,29-30H2,1H3,(H2,57,77)(H,62,67)(H,66,78)(H,68,75)(H,69,76)(H,70,79)(H,71,82)(H,72,83)(H,73,80)(H,74,81)(H4,58,59,63)(H4,60,61,64)/t39-,40-,41-,42+,43-,44-,45-/m0/s1. The van der Waals surface area contributed by atoms with Crippen LogP contribution in [0.2, 0.25) is 0 Å². The fraction of sp³-hybridized carbons (Fsp3) is 0.429. The van der Waals surface area contributed by atoms with Crippen LogP contribution in [0.1, 0.15) is 75.1 Å². The number of para-hydroxylation sites is 1. The van der Waals surface area contributed by atoms with Gasteiger partial charge in [-0.05, 0) is 60.1 Å². The quantitative estimate of drug-likeness (QED) is 0.0220. The van der Waals surface area contributed by atoms with Crippen LogP contribution >= 0.6 is 21.6 Å². The van der Waals surface area contributed by atoms with E-state index in [1.54, 1.807) is 18.3 Å². The molecule has 0 spiro atoms. The Balaban J connectivity index is 1.40. The van der Waals surface area contributed by atoms with Gasteiger partial charge in [-0.15, -0.1) is 0 Å². The van der Waals surface area contributed by atoms with Gasteiger partial charge in [-0.3, -0.25) is 53.1 Å². The van der Waals surface area contributed by atoms with Crippen molar-refractivity contribution in [3.63, 3.8) is 0 Å². The van der Waals surface area contributed by atoms with E-state index in [0.717, 1.165) is 32.5 Å². The number of nitrogens with zero attached hydrogens (tertiary/aromatic N) is 3. The van der Waals surface area contributed by atoms with Crippen molar-refractivity contribution in [1.82, 2.24) is 57.5 Å². The van der Waals surface area contributed by atoms with Crippen molar-refractivity contribution in [2.24, 2.45) is 38.7 Å². The van der Waals surface area contributed by atoms with Crippen molar-refractivity contribution >= 4 is 108 Å². The second-order valence-corrected chi connectivity index (χ2v) is 22.9. The SMILES string of the molecule is CCCC[C@@H]1NC(=O)CCSSC[C@@H](C(N)=O)NC(=O)CNC(=O)[C@H](Cc2c[nH]c3ccccc23)NC(=O)[C@H](CCCN=C(N)N)NC(=O)[C@@H](Cc2ccc3ccccc3c2)NC(=O)[C@H](Cc2cnc[nH]2)NC(=O)[C@H](CCCN=C(N)N)NC1=O. The van der Waals surface area contributed by atoms with Gasteiger partial charge in [0.1, 0.15) is 42.3 Å². The number of guanidine groups is 2. The van der Waals surface area contributed by atoms with Gasteiger partial charge in [-0.1, -0.05) is 102 Å². The molecule has 1 aliphatic rings. The predicted molar refractivity (Wildman–Crippen MR) is 327 cm³/mol. The van der Waals surface area contributed by atoms with Crippen molar-refractivity contribution in [2.75, 3.05) is 31.1 Å². The summed E-state index contributed by atoms with van der Waals surface area (Å²) in [5, 5.41) is 24.4. The Labute approximate surface area is 498 Å². The molecule has 3 aromatic carbocycles. The van der Waals surface area contributed by atoms with Gasteiger partial charge in [0.05, 0.1) is 12.9 Å². The second-order valence-electron chi connectivity index (χ2n) is 20.3. The molecule has 3 heterocycles. The molecule has 0 aliphatic carbocycles. The van der Waals surface area contributed by atoms with E-state index in [2.05, 4.69) is 67.5 Å². The number of carbonyl (C=O) groups excluding carboxylic acids is 9.